The van der Waals surface area contributed by atoms with Gasteiger partial charge in [-0.2, -0.15) is 0 Å². The van der Waals surface area contributed by atoms with Gasteiger partial charge in [-0.05, 0) is 52.7 Å². The highest BCUT2D eigenvalue weighted by atomic mass is 31.2. The number of anilines is 2. The van der Waals surface area contributed by atoms with Gasteiger partial charge in [-0.1, -0.05) is 84.9 Å². The molecule has 5 aromatic rings. The van der Waals surface area contributed by atoms with Crippen LogP contribution in [0.4, 0.5) is 11.4 Å². The third-order valence-corrected chi connectivity index (χ3v) is 9.07. The highest BCUT2D eigenvalue weighted by Gasteiger charge is 2.42. The number of nitrogens with zero attached hydrogens (tertiary/aromatic N) is 1. The van der Waals surface area contributed by atoms with E-state index in [0.29, 0.717) is 0 Å². The van der Waals surface area contributed by atoms with Gasteiger partial charge in [0.15, 0.2) is 0 Å². The molecule has 0 spiro atoms. The van der Waals surface area contributed by atoms with E-state index in [4.69, 9.17) is 0 Å². The van der Waals surface area contributed by atoms with Gasteiger partial charge in [-0.15, -0.1) is 0 Å². The molecular weight excluding hydrogens is 397 g/mol. The molecule has 1 unspecified atom stereocenters. The Kier molecular flexibility index (Phi) is 4.09. The van der Waals surface area contributed by atoms with E-state index in [1.54, 1.807) is 0 Å². The normalized spacial score (nSPS) is 17.2. The van der Waals surface area contributed by atoms with E-state index >= 15 is 4.57 Å². The van der Waals surface area contributed by atoms with E-state index in [1.165, 1.54) is 5.39 Å². The van der Waals surface area contributed by atoms with Gasteiger partial charge >= 0.3 is 0 Å². The Hall–Kier alpha value is -3.61. The summed E-state index contributed by atoms with van der Waals surface area (Å²) in [4.78, 5) is 0. The molecule has 0 N–H and O–H groups in total. The highest BCUT2D eigenvalue weighted by molar-refractivity contribution is 7.80. The fourth-order valence-electron chi connectivity index (χ4n) is 4.61. The van der Waals surface area contributed by atoms with E-state index in [9.17, 15) is 0 Å². The Labute approximate surface area is 181 Å². The maximum atomic E-state index is 15.2. The van der Waals surface area contributed by atoms with Crippen LogP contribution in [0.25, 0.3) is 21.9 Å². The fraction of sp³-hybridized carbons (Fsp3) is 0. The predicted octanol–water partition coefficient (Wildman–Crippen LogP) is 6.89. The molecule has 5 aromatic carbocycles. The topological polar surface area (TPSA) is 20.3 Å². The minimum atomic E-state index is -3.16. The molecule has 0 fully saturated rings. The van der Waals surface area contributed by atoms with Crippen LogP contribution in [-0.2, 0) is 4.57 Å². The Morgan fingerprint density at radius 3 is 2.03 bits per heavy atom. The molecule has 1 atom stereocenters. The number of hydrogen-bond donors (Lipinski definition) is 0. The second-order valence-corrected chi connectivity index (χ2v) is 10.3. The van der Waals surface area contributed by atoms with E-state index in [-0.39, 0.29) is 0 Å². The zero-order chi connectivity index (χ0) is 20.8. The summed E-state index contributed by atoms with van der Waals surface area (Å²) in [7, 11) is -3.16. The van der Waals surface area contributed by atoms with Crippen LogP contribution < -0.4 is 15.3 Å². The van der Waals surface area contributed by atoms with Crippen molar-refractivity contribution >= 4 is 40.0 Å². The van der Waals surface area contributed by atoms with Crippen LogP contribution >= 0.6 is 7.29 Å². The lowest BCUT2D eigenvalue weighted by atomic mass is 10.0. The van der Waals surface area contributed by atoms with Crippen LogP contribution in [-0.4, -0.2) is 0 Å². The van der Waals surface area contributed by atoms with Gasteiger partial charge < -0.3 is 0 Å². The van der Waals surface area contributed by atoms with E-state index < -0.39 is 7.29 Å². The summed E-state index contributed by atoms with van der Waals surface area (Å²) >= 11 is 0. The first-order valence-electron chi connectivity index (χ1n) is 10.4. The number of para-hydroxylation sites is 1. The van der Waals surface area contributed by atoms with Gasteiger partial charge in [0, 0.05) is 21.9 Å². The summed E-state index contributed by atoms with van der Waals surface area (Å²) in [6, 6.07) is 40.9. The Morgan fingerprint density at radius 2 is 1.19 bits per heavy atom. The smallest absolute Gasteiger partial charge is 0.234 e. The molecule has 0 saturated heterocycles. The molecule has 0 saturated carbocycles. The molecule has 0 aromatic heterocycles. The lowest BCUT2D eigenvalue weighted by Gasteiger charge is -2.40. The van der Waals surface area contributed by atoms with Crippen LogP contribution in [0.5, 0.6) is 0 Å². The fourth-order valence-corrected chi connectivity index (χ4v) is 7.64. The van der Waals surface area contributed by atoms with Crippen LogP contribution in [0, 0.1) is 0 Å². The lowest BCUT2D eigenvalue weighted by molar-refractivity contribution is 0.587. The molecule has 0 aliphatic carbocycles. The first-order valence-corrected chi connectivity index (χ1v) is 12.1. The largest absolute Gasteiger partial charge is 0.289 e. The van der Waals surface area contributed by atoms with E-state index in [0.717, 1.165) is 38.5 Å². The SMILES string of the molecule is O=P1(c2ccccc2)c2ccccc2-c2ccccc2N1c1ccc2ccccc2c1. The molecule has 31 heavy (non-hydrogen) atoms. The van der Waals surface area contributed by atoms with E-state index in [1.807, 2.05) is 72.8 Å². The first-order chi connectivity index (χ1) is 15.3. The average molecular weight is 417 g/mol. The molecule has 2 nitrogen and oxygen atoms in total. The average Bonchev–Trinajstić information content (AvgIpc) is 2.85. The Balaban J connectivity index is 1.72. The van der Waals surface area contributed by atoms with Gasteiger partial charge in [0.1, 0.15) is 0 Å². The molecule has 6 rings (SSSR count). The third kappa shape index (κ3) is 2.69. The van der Waals surface area contributed by atoms with Crippen molar-refractivity contribution in [1.82, 2.24) is 0 Å². The van der Waals surface area contributed by atoms with Crippen LogP contribution in [0.2, 0.25) is 0 Å². The standard InChI is InChI=1S/C28H20NOP/c30-31(24-12-2-1-3-13-24)28-17-9-7-15-26(28)25-14-6-8-16-27(25)29(31)23-19-18-21-10-4-5-11-22(21)20-23/h1-20H. The van der Waals surface area contributed by atoms with Crippen LogP contribution in [0.3, 0.4) is 0 Å². The van der Waals surface area contributed by atoms with Crippen LogP contribution in [0.1, 0.15) is 0 Å². The van der Waals surface area contributed by atoms with Crippen molar-refractivity contribution in [3.8, 4) is 11.1 Å². The monoisotopic (exact) mass is 417 g/mol. The summed E-state index contributed by atoms with van der Waals surface area (Å²) in [5.74, 6) is 0. The van der Waals surface area contributed by atoms with Crippen molar-refractivity contribution in [3.63, 3.8) is 0 Å². The van der Waals surface area contributed by atoms with Crippen LogP contribution in [0.15, 0.2) is 121 Å². The predicted molar refractivity (Wildman–Crippen MR) is 131 cm³/mol. The quantitative estimate of drug-likeness (QED) is 0.292. The summed E-state index contributed by atoms with van der Waals surface area (Å²) in [6.07, 6.45) is 0. The molecule has 1 aliphatic heterocycles. The number of benzene rings is 5. The van der Waals surface area contributed by atoms with Crippen molar-refractivity contribution in [2.75, 3.05) is 4.67 Å². The summed E-state index contributed by atoms with van der Waals surface area (Å²) in [6.45, 7) is 0. The maximum Gasteiger partial charge on any atom is 0.234 e. The molecule has 148 valence electrons. The first kappa shape index (κ1) is 18.2. The Morgan fingerprint density at radius 1 is 0.548 bits per heavy atom. The molecular formula is C28H20NOP. The van der Waals surface area contributed by atoms with Gasteiger partial charge in [0.25, 0.3) is 0 Å². The second kappa shape index (κ2) is 6.97. The maximum absolute atomic E-state index is 15.2. The second-order valence-electron chi connectivity index (χ2n) is 7.79. The molecule has 3 heteroatoms. The minimum absolute atomic E-state index is 0.838. The van der Waals surface area contributed by atoms with Crippen molar-refractivity contribution in [3.05, 3.63) is 121 Å². The molecule has 0 amide bonds. The molecule has 0 radical (unpaired) electrons. The van der Waals surface area contributed by atoms with Gasteiger partial charge in [-0.25, -0.2) is 0 Å². The number of hydrogen-bond acceptors (Lipinski definition) is 1. The van der Waals surface area contributed by atoms with Crippen molar-refractivity contribution < 1.29 is 4.57 Å². The Bertz CT molecular complexity index is 1480. The lowest BCUT2D eigenvalue weighted by Crippen LogP contribution is -2.33. The van der Waals surface area contributed by atoms with Gasteiger partial charge in [0.05, 0.1) is 5.69 Å². The van der Waals surface area contributed by atoms with Crippen molar-refractivity contribution in [2.45, 2.75) is 0 Å². The third-order valence-electron chi connectivity index (χ3n) is 6.02. The number of fused-ring (bicyclic) bond motifs is 4. The summed E-state index contributed by atoms with van der Waals surface area (Å²) in [5.41, 5.74) is 4.06. The summed E-state index contributed by atoms with van der Waals surface area (Å²) in [5, 5.41) is 4.03. The molecule has 1 heterocycles. The number of rotatable bonds is 2. The molecule has 0 bridgehead atoms. The zero-order valence-electron chi connectivity index (χ0n) is 16.8. The van der Waals surface area contributed by atoms with Crippen molar-refractivity contribution in [1.29, 1.82) is 0 Å². The highest BCUT2D eigenvalue weighted by Crippen LogP contribution is 2.61. The summed E-state index contributed by atoms with van der Waals surface area (Å²) < 4.78 is 17.3. The van der Waals surface area contributed by atoms with Gasteiger partial charge in [0.2, 0.25) is 7.29 Å². The van der Waals surface area contributed by atoms with Crippen molar-refractivity contribution in [2.24, 2.45) is 0 Å². The zero-order valence-corrected chi connectivity index (χ0v) is 17.7. The van der Waals surface area contributed by atoms with Gasteiger partial charge in [-0.3, -0.25) is 9.24 Å². The molecule has 1 aliphatic rings. The van der Waals surface area contributed by atoms with E-state index in [2.05, 4.69) is 53.2 Å². The minimum Gasteiger partial charge on any atom is -0.289 e.